The predicted octanol–water partition coefficient (Wildman–Crippen LogP) is 1.45. The van der Waals surface area contributed by atoms with Gasteiger partial charge in [0.2, 0.25) is 0 Å². The summed E-state index contributed by atoms with van der Waals surface area (Å²) < 4.78 is 0. The number of carboxylic acids is 1. The van der Waals surface area contributed by atoms with Crippen molar-refractivity contribution in [2.75, 3.05) is 12.3 Å². The monoisotopic (exact) mass is 278 g/mol. The number of carboxylic acid groups (broad SMARTS) is 1. The van der Waals surface area contributed by atoms with Crippen LogP contribution in [0.4, 0.5) is 4.79 Å². The summed E-state index contributed by atoms with van der Waals surface area (Å²) in [6.45, 7) is 1.14. The average molecular weight is 278 g/mol. The lowest BCUT2D eigenvalue weighted by Crippen LogP contribution is -2.43. The maximum absolute atomic E-state index is 12.3. The van der Waals surface area contributed by atoms with Crippen LogP contribution >= 0.6 is 11.8 Å². The molecule has 0 spiro atoms. The van der Waals surface area contributed by atoms with E-state index in [9.17, 15) is 9.59 Å². The van der Waals surface area contributed by atoms with Crippen LogP contribution in [0.2, 0.25) is 0 Å². The van der Waals surface area contributed by atoms with Crippen LogP contribution in [0, 0.1) is 0 Å². The van der Waals surface area contributed by atoms with Crippen molar-refractivity contribution in [2.45, 2.75) is 18.0 Å². The van der Waals surface area contributed by atoms with Gasteiger partial charge in [0.15, 0.2) is 0 Å². The number of aliphatic carboxylic acids is 1. The summed E-state index contributed by atoms with van der Waals surface area (Å²) in [4.78, 5) is 26.6. The number of urea groups is 1. The Labute approximate surface area is 115 Å². The normalized spacial score (nSPS) is 25.8. The molecule has 100 valence electrons. The topological polar surface area (TPSA) is 60.9 Å². The molecule has 1 aromatic rings. The molecule has 0 saturated carbocycles. The maximum Gasteiger partial charge on any atom is 0.327 e. The van der Waals surface area contributed by atoms with Gasteiger partial charge in [0, 0.05) is 12.3 Å². The number of rotatable bonds is 3. The zero-order valence-electron chi connectivity index (χ0n) is 10.2. The fourth-order valence-electron chi connectivity index (χ4n) is 2.52. The average Bonchev–Trinajstić information content (AvgIpc) is 2.93. The summed E-state index contributed by atoms with van der Waals surface area (Å²) in [6, 6.07) is 8.91. The Bertz CT molecular complexity index is 508. The number of benzene rings is 1. The first kappa shape index (κ1) is 12.3. The molecule has 2 heterocycles. The molecular formula is C13H14N2O3S. The molecule has 2 saturated heterocycles. The summed E-state index contributed by atoms with van der Waals surface area (Å²) in [5.74, 6) is -0.421. The van der Waals surface area contributed by atoms with Gasteiger partial charge in [0.25, 0.3) is 0 Å². The molecule has 2 aliphatic heterocycles. The highest BCUT2D eigenvalue weighted by atomic mass is 32.2. The van der Waals surface area contributed by atoms with Gasteiger partial charge in [-0.3, -0.25) is 4.90 Å². The van der Waals surface area contributed by atoms with Crippen molar-refractivity contribution in [2.24, 2.45) is 0 Å². The Morgan fingerprint density at radius 1 is 1.37 bits per heavy atom. The van der Waals surface area contributed by atoms with E-state index in [0.717, 1.165) is 5.56 Å². The Hall–Kier alpha value is -1.69. The van der Waals surface area contributed by atoms with E-state index in [0.29, 0.717) is 18.8 Å². The third-order valence-electron chi connectivity index (χ3n) is 3.46. The molecule has 19 heavy (non-hydrogen) atoms. The molecule has 0 radical (unpaired) electrons. The van der Waals surface area contributed by atoms with Crippen LogP contribution in [-0.2, 0) is 11.3 Å². The maximum atomic E-state index is 12.3. The van der Waals surface area contributed by atoms with Gasteiger partial charge >= 0.3 is 12.0 Å². The van der Waals surface area contributed by atoms with Gasteiger partial charge < -0.3 is 10.0 Å². The number of carbonyl (C=O) groups excluding carboxylic acids is 1. The number of thioether (sulfide) groups is 1. The highest BCUT2D eigenvalue weighted by Gasteiger charge is 2.48. The summed E-state index contributed by atoms with van der Waals surface area (Å²) in [5.41, 5.74) is 1.06. The number of carbonyl (C=O) groups is 2. The third kappa shape index (κ3) is 2.16. The first-order valence-corrected chi connectivity index (χ1v) is 7.17. The van der Waals surface area contributed by atoms with Gasteiger partial charge in [-0.2, -0.15) is 0 Å². The lowest BCUT2D eigenvalue weighted by Gasteiger charge is -2.20. The van der Waals surface area contributed by atoms with E-state index in [2.05, 4.69) is 0 Å². The molecule has 2 atom stereocenters. The van der Waals surface area contributed by atoms with E-state index in [4.69, 9.17) is 5.11 Å². The van der Waals surface area contributed by atoms with Crippen LogP contribution in [0.25, 0.3) is 0 Å². The molecule has 2 fully saturated rings. The SMILES string of the molecule is O=C(O)[C@H]1CSC2CN(Cc3ccccc3)C(=O)N21. The van der Waals surface area contributed by atoms with E-state index in [1.54, 1.807) is 16.7 Å². The van der Waals surface area contributed by atoms with E-state index >= 15 is 0 Å². The number of amides is 2. The largest absolute Gasteiger partial charge is 0.480 e. The van der Waals surface area contributed by atoms with Crippen molar-refractivity contribution >= 4 is 23.8 Å². The van der Waals surface area contributed by atoms with Crippen molar-refractivity contribution in [1.29, 1.82) is 0 Å². The van der Waals surface area contributed by atoms with Gasteiger partial charge in [-0.25, -0.2) is 9.59 Å². The van der Waals surface area contributed by atoms with Gasteiger partial charge in [-0.15, -0.1) is 11.8 Å². The van der Waals surface area contributed by atoms with Gasteiger partial charge in [-0.05, 0) is 5.56 Å². The van der Waals surface area contributed by atoms with Crippen LogP contribution in [0.15, 0.2) is 30.3 Å². The standard InChI is InChI=1S/C13H14N2O3S/c16-12(17)10-8-19-11-7-14(13(18)15(10)11)6-9-4-2-1-3-5-9/h1-5,10-11H,6-8H2,(H,16,17)/t10-,11?/m1/s1. The van der Waals surface area contributed by atoms with Crippen molar-refractivity contribution in [3.8, 4) is 0 Å². The Morgan fingerprint density at radius 3 is 2.79 bits per heavy atom. The van der Waals surface area contributed by atoms with Gasteiger partial charge in [0.05, 0.1) is 11.9 Å². The first-order valence-electron chi connectivity index (χ1n) is 6.12. The van der Waals surface area contributed by atoms with E-state index < -0.39 is 12.0 Å². The van der Waals surface area contributed by atoms with Gasteiger partial charge in [0.1, 0.15) is 6.04 Å². The lowest BCUT2D eigenvalue weighted by atomic mass is 10.2. The second-order valence-electron chi connectivity index (χ2n) is 4.70. The van der Waals surface area contributed by atoms with E-state index in [-0.39, 0.29) is 11.4 Å². The Kier molecular flexibility index (Phi) is 3.10. The van der Waals surface area contributed by atoms with Crippen LogP contribution < -0.4 is 0 Å². The molecule has 2 aliphatic rings. The van der Waals surface area contributed by atoms with Crippen molar-refractivity contribution in [3.63, 3.8) is 0 Å². The molecule has 2 amide bonds. The molecular weight excluding hydrogens is 264 g/mol. The fraction of sp³-hybridized carbons (Fsp3) is 0.385. The molecule has 0 aliphatic carbocycles. The lowest BCUT2D eigenvalue weighted by molar-refractivity contribution is -0.140. The minimum absolute atomic E-state index is 0.0164. The summed E-state index contributed by atoms with van der Waals surface area (Å²) in [6.07, 6.45) is 0. The predicted molar refractivity (Wildman–Crippen MR) is 71.8 cm³/mol. The van der Waals surface area contributed by atoms with Crippen molar-refractivity contribution in [3.05, 3.63) is 35.9 Å². The zero-order chi connectivity index (χ0) is 13.4. The highest BCUT2D eigenvalue weighted by Crippen LogP contribution is 2.35. The third-order valence-corrected chi connectivity index (χ3v) is 4.73. The fourth-order valence-corrected chi connectivity index (χ4v) is 3.91. The summed E-state index contributed by atoms with van der Waals surface area (Å²) >= 11 is 1.55. The van der Waals surface area contributed by atoms with Crippen molar-refractivity contribution in [1.82, 2.24) is 9.80 Å². The number of nitrogens with zero attached hydrogens (tertiary/aromatic N) is 2. The molecule has 1 aromatic carbocycles. The molecule has 1 N–H and O–H groups in total. The Balaban J connectivity index is 1.74. The molecule has 0 aromatic heterocycles. The number of hydrogen-bond donors (Lipinski definition) is 1. The van der Waals surface area contributed by atoms with Crippen LogP contribution in [-0.4, -0.2) is 50.6 Å². The second-order valence-corrected chi connectivity index (χ2v) is 5.91. The van der Waals surface area contributed by atoms with Crippen LogP contribution in [0.3, 0.4) is 0 Å². The quantitative estimate of drug-likeness (QED) is 0.909. The molecule has 3 rings (SSSR count). The zero-order valence-corrected chi connectivity index (χ0v) is 11.0. The smallest absolute Gasteiger partial charge is 0.327 e. The molecule has 6 heteroatoms. The van der Waals surface area contributed by atoms with Gasteiger partial charge in [-0.1, -0.05) is 30.3 Å². The van der Waals surface area contributed by atoms with Crippen molar-refractivity contribution < 1.29 is 14.7 Å². The second kappa shape index (κ2) is 4.77. The highest BCUT2D eigenvalue weighted by molar-refractivity contribution is 8.00. The Morgan fingerprint density at radius 2 is 2.11 bits per heavy atom. The molecule has 0 bridgehead atoms. The first-order chi connectivity index (χ1) is 9.16. The number of hydrogen-bond acceptors (Lipinski definition) is 3. The minimum Gasteiger partial charge on any atom is -0.480 e. The minimum atomic E-state index is -0.912. The summed E-state index contributed by atoms with van der Waals surface area (Å²) in [5, 5.41) is 9.11. The molecule has 1 unspecified atom stereocenters. The van der Waals surface area contributed by atoms with Crippen LogP contribution in [0.1, 0.15) is 5.56 Å². The summed E-state index contributed by atoms with van der Waals surface area (Å²) in [7, 11) is 0. The molecule has 5 nitrogen and oxygen atoms in total. The van der Waals surface area contributed by atoms with E-state index in [1.807, 2.05) is 30.3 Å². The number of fused-ring (bicyclic) bond motifs is 1. The van der Waals surface area contributed by atoms with Crippen LogP contribution in [0.5, 0.6) is 0 Å². The van der Waals surface area contributed by atoms with E-state index in [1.165, 1.54) is 4.90 Å².